The maximum Gasteiger partial charge on any atom is 0.407 e. The van der Waals surface area contributed by atoms with E-state index in [-0.39, 0.29) is 0 Å². The van der Waals surface area contributed by atoms with Gasteiger partial charge in [0.1, 0.15) is 0 Å². The van der Waals surface area contributed by atoms with Crippen molar-refractivity contribution in [2.24, 2.45) is 0 Å². The Balaban J connectivity index is 2.39. The smallest absolute Gasteiger partial charge is 0.300 e. The lowest BCUT2D eigenvalue weighted by Gasteiger charge is -2.23. The fourth-order valence-corrected chi connectivity index (χ4v) is 2.73. The second-order valence-corrected chi connectivity index (χ2v) is 6.15. The van der Waals surface area contributed by atoms with Gasteiger partial charge in [-0.2, -0.15) is 0 Å². The Kier molecular flexibility index (Phi) is 5.86. The van der Waals surface area contributed by atoms with E-state index in [4.69, 9.17) is 9.05 Å². The molecule has 0 N–H and O–H groups in total. The van der Waals surface area contributed by atoms with Gasteiger partial charge in [-0.3, -0.25) is 9.05 Å². The minimum atomic E-state index is -3.06. The van der Waals surface area contributed by atoms with Gasteiger partial charge >= 0.3 is 7.75 Å². The Bertz CT molecular complexity index is 361. The van der Waals surface area contributed by atoms with E-state index >= 15 is 0 Å². The normalized spacial score (nSPS) is 12.0. The summed E-state index contributed by atoms with van der Waals surface area (Å²) in [5, 5.41) is 0. The van der Waals surface area contributed by atoms with Gasteiger partial charge in [-0.05, 0) is 25.5 Å². The van der Waals surface area contributed by atoms with Crippen LogP contribution >= 0.6 is 7.75 Å². The Hall–Kier alpha value is -0.670. The molecule has 0 aromatic heterocycles. The van der Waals surface area contributed by atoms with Crippen LogP contribution < -0.4 is 0 Å². The fourth-order valence-electron chi connectivity index (χ4n) is 1.63. The van der Waals surface area contributed by atoms with Crippen LogP contribution in [0.2, 0.25) is 0 Å². The zero-order valence-electron chi connectivity index (χ0n) is 10.6. The number of nitrogens with zero attached hydrogens (tertiary/aromatic N) is 1. The lowest BCUT2D eigenvalue weighted by molar-refractivity contribution is 0.220. The zero-order chi connectivity index (χ0) is 12.7. The Morgan fingerprint density at radius 2 is 1.76 bits per heavy atom. The highest BCUT2D eigenvalue weighted by Gasteiger charge is 2.26. The molecule has 0 fully saturated rings. The fraction of sp³-hybridized carbons (Fsp3) is 0.500. The van der Waals surface area contributed by atoms with Crippen molar-refractivity contribution in [1.82, 2.24) is 4.67 Å². The quantitative estimate of drug-likeness (QED) is 0.704. The molecule has 0 bridgehead atoms. The minimum Gasteiger partial charge on any atom is -0.300 e. The van der Waals surface area contributed by atoms with Gasteiger partial charge in [-0.15, -0.1) is 0 Å². The maximum absolute atomic E-state index is 12.0. The number of rotatable bonds is 7. The molecule has 1 rings (SSSR count). The van der Waals surface area contributed by atoms with Crippen molar-refractivity contribution < 1.29 is 13.6 Å². The Morgan fingerprint density at radius 3 is 2.29 bits per heavy atom. The first-order valence-corrected chi connectivity index (χ1v) is 7.09. The first-order valence-electron chi connectivity index (χ1n) is 5.59. The number of hydrogen-bond donors (Lipinski definition) is 0. The molecule has 1 aromatic rings. The second-order valence-electron chi connectivity index (χ2n) is 3.80. The third-order valence-electron chi connectivity index (χ3n) is 2.67. The summed E-state index contributed by atoms with van der Waals surface area (Å²) in [6.07, 6.45) is 1.87. The monoisotopic (exact) mass is 257 g/mol. The molecule has 0 saturated carbocycles. The van der Waals surface area contributed by atoms with E-state index in [1.807, 2.05) is 18.2 Å². The summed E-state index contributed by atoms with van der Waals surface area (Å²) < 4.78 is 23.4. The molecule has 0 saturated heterocycles. The number of hydrogen-bond acceptors (Lipinski definition) is 3. The summed E-state index contributed by atoms with van der Waals surface area (Å²) in [5.74, 6) is 0. The van der Waals surface area contributed by atoms with E-state index in [2.05, 4.69) is 12.1 Å². The maximum atomic E-state index is 12.0. The van der Waals surface area contributed by atoms with Gasteiger partial charge in [0, 0.05) is 20.8 Å². The summed E-state index contributed by atoms with van der Waals surface area (Å²) in [7, 11) is 1.49. The summed E-state index contributed by atoms with van der Waals surface area (Å²) in [4.78, 5) is 0. The molecular formula is C12H20NO3P. The largest absolute Gasteiger partial charge is 0.407 e. The molecule has 0 unspecified atom stereocenters. The van der Waals surface area contributed by atoms with Crippen molar-refractivity contribution in [2.45, 2.75) is 12.8 Å². The van der Waals surface area contributed by atoms with E-state index in [0.29, 0.717) is 6.54 Å². The van der Waals surface area contributed by atoms with Crippen molar-refractivity contribution in [3.05, 3.63) is 35.9 Å². The van der Waals surface area contributed by atoms with Gasteiger partial charge in [0.2, 0.25) is 0 Å². The standard InChI is InChI=1S/C12H20NO3P/c1-13(17(14,15-2)16-3)11-7-10-12-8-5-4-6-9-12/h4-6,8-9H,7,10-11H2,1-3H3. The average molecular weight is 257 g/mol. The van der Waals surface area contributed by atoms with Crippen LogP contribution in [0.15, 0.2) is 30.3 Å². The van der Waals surface area contributed by atoms with E-state index in [0.717, 1.165) is 12.8 Å². The molecule has 0 spiro atoms. The first kappa shape index (κ1) is 14.4. The first-order chi connectivity index (χ1) is 8.12. The van der Waals surface area contributed by atoms with E-state index in [1.165, 1.54) is 19.8 Å². The lowest BCUT2D eigenvalue weighted by Crippen LogP contribution is -2.18. The van der Waals surface area contributed by atoms with Crippen molar-refractivity contribution in [2.75, 3.05) is 27.8 Å². The SMILES string of the molecule is COP(=O)(OC)N(C)CCCc1ccccc1. The van der Waals surface area contributed by atoms with Gasteiger partial charge in [0.15, 0.2) is 0 Å². The highest BCUT2D eigenvalue weighted by Crippen LogP contribution is 2.49. The van der Waals surface area contributed by atoms with Crippen molar-refractivity contribution in [1.29, 1.82) is 0 Å². The highest BCUT2D eigenvalue weighted by atomic mass is 31.2. The van der Waals surface area contributed by atoms with E-state index in [1.54, 1.807) is 11.7 Å². The van der Waals surface area contributed by atoms with Gasteiger partial charge in [0.05, 0.1) is 0 Å². The lowest BCUT2D eigenvalue weighted by atomic mass is 10.1. The summed E-state index contributed by atoms with van der Waals surface area (Å²) in [6.45, 7) is 0.674. The molecule has 0 aliphatic heterocycles. The minimum absolute atomic E-state index is 0.674. The molecule has 1 aromatic carbocycles. The van der Waals surface area contributed by atoms with Crippen LogP contribution in [0, 0.1) is 0 Å². The molecule has 0 amide bonds. The second kappa shape index (κ2) is 6.92. The van der Waals surface area contributed by atoms with Gasteiger partial charge in [0.25, 0.3) is 0 Å². The van der Waals surface area contributed by atoms with Crippen molar-refractivity contribution >= 4 is 7.75 Å². The molecule has 0 aliphatic carbocycles. The van der Waals surface area contributed by atoms with Crippen LogP contribution in [0.5, 0.6) is 0 Å². The predicted molar refractivity (Wildman–Crippen MR) is 69.0 cm³/mol. The third-order valence-corrected chi connectivity index (χ3v) is 4.63. The van der Waals surface area contributed by atoms with Gasteiger partial charge in [-0.25, -0.2) is 9.24 Å². The molecule has 4 nitrogen and oxygen atoms in total. The van der Waals surface area contributed by atoms with E-state index in [9.17, 15) is 4.57 Å². The van der Waals surface area contributed by atoms with Crippen LogP contribution in [0.25, 0.3) is 0 Å². The molecule has 0 atom stereocenters. The number of aryl methyl sites for hydroxylation is 1. The van der Waals surface area contributed by atoms with E-state index < -0.39 is 7.75 Å². The average Bonchev–Trinajstić information content (AvgIpc) is 2.39. The zero-order valence-corrected chi connectivity index (χ0v) is 11.5. The molecular weight excluding hydrogens is 237 g/mol. The van der Waals surface area contributed by atoms with Crippen LogP contribution in [0.4, 0.5) is 0 Å². The third kappa shape index (κ3) is 4.25. The number of benzene rings is 1. The highest BCUT2D eigenvalue weighted by molar-refractivity contribution is 7.51. The molecule has 0 radical (unpaired) electrons. The summed E-state index contributed by atoms with van der Waals surface area (Å²) in [6, 6.07) is 10.2. The molecule has 17 heavy (non-hydrogen) atoms. The van der Waals surface area contributed by atoms with Crippen molar-refractivity contribution in [3.63, 3.8) is 0 Å². The summed E-state index contributed by atoms with van der Waals surface area (Å²) >= 11 is 0. The van der Waals surface area contributed by atoms with Crippen LogP contribution in [0.3, 0.4) is 0 Å². The van der Waals surface area contributed by atoms with Gasteiger partial charge in [-0.1, -0.05) is 30.3 Å². The molecule has 96 valence electrons. The topological polar surface area (TPSA) is 38.8 Å². The van der Waals surface area contributed by atoms with Gasteiger partial charge < -0.3 is 0 Å². The van der Waals surface area contributed by atoms with Crippen molar-refractivity contribution in [3.8, 4) is 0 Å². The predicted octanol–water partition coefficient (Wildman–Crippen LogP) is 2.95. The Morgan fingerprint density at radius 1 is 1.18 bits per heavy atom. The molecule has 0 heterocycles. The molecule has 5 heteroatoms. The van der Waals surface area contributed by atoms with Crippen LogP contribution in [0.1, 0.15) is 12.0 Å². The summed E-state index contributed by atoms with van der Waals surface area (Å²) in [5.41, 5.74) is 1.28. The molecule has 0 aliphatic rings. The van der Waals surface area contributed by atoms with Crippen LogP contribution in [-0.4, -0.2) is 32.5 Å². The van der Waals surface area contributed by atoms with Crippen LogP contribution in [-0.2, 0) is 20.0 Å². The Labute approximate surface area is 103 Å².